The number of nitrogens with one attached hydrogen (secondary N) is 1. The molecule has 4 heteroatoms. The van der Waals surface area contributed by atoms with E-state index in [4.69, 9.17) is 9.47 Å². The van der Waals surface area contributed by atoms with Gasteiger partial charge in [0.15, 0.2) is 0 Å². The molecule has 1 amide bonds. The van der Waals surface area contributed by atoms with Crippen LogP contribution < -0.4 is 14.8 Å². The summed E-state index contributed by atoms with van der Waals surface area (Å²) in [6.07, 6.45) is 1.71. The topological polar surface area (TPSA) is 47.6 Å². The first-order valence-electron chi connectivity index (χ1n) is 7.79. The van der Waals surface area contributed by atoms with Crippen LogP contribution in [0.4, 0.5) is 5.69 Å². The Morgan fingerprint density at radius 2 is 1.39 bits per heavy atom. The fraction of sp³-hybridized carbons (Fsp3) is 0.316. The number of methoxy groups -OCH3 is 2. The van der Waals surface area contributed by atoms with Crippen molar-refractivity contribution >= 4 is 11.6 Å². The highest BCUT2D eigenvalue weighted by atomic mass is 16.5. The summed E-state index contributed by atoms with van der Waals surface area (Å²) < 4.78 is 10.6. The van der Waals surface area contributed by atoms with Crippen molar-refractivity contribution < 1.29 is 14.3 Å². The number of hydrogen-bond acceptors (Lipinski definition) is 3. The number of benzene rings is 2. The minimum Gasteiger partial charge on any atom is -0.496 e. The van der Waals surface area contributed by atoms with Crippen LogP contribution in [0.25, 0.3) is 0 Å². The highest BCUT2D eigenvalue weighted by Gasteiger charge is 2.20. The summed E-state index contributed by atoms with van der Waals surface area (Å²) in [5.74, 6) is 0.762. The van der Waals surface area contributed by atoms with Crippen LogP contribution in [0.5, 0.6) is 11.5 Å². The quantitative estimate of drug-likeness (QED) is 0.874. The molecule has 0 radical (unpaired) electrons. The molecule has 0 unspecified atom stereocenters. The molecule has 0 saturated heterocycles. The number of anilines is 1. The molecule has 0 aromatic heterocycles. The van der Waals surface area contributed by atoms with E-state index < -0.39 is 0 Å². The average molecular weight is 313 g/mol. The third-order valence-corrected chi connectivity index (χ3v) is 3.89. The number of ether oxygens (including phenoxy) is 2. The zero-order chi connectivity index (χ0) is 16.8. The Morgan fingerprint density at radius 1 is 0.913 bits per heavy atom. The zero-order valence-corrected chi connectivity index (χ0v) is 14.1. The van der Waals surface area contributed by atoms with E-state index in [1.807, 2.05) is 18.2 Å². The van der Waals surface area contributed by atoms with Crippen molar-refractivity contribution in [1.82, 2.24) is 0 Å². The van der Waals surface area contributed by atoms with Gasteiger partial charge in [-0.05, 0) is 36.1 Å². The molecule has 2 aromatic carbocycles. The van der Waals surface area contributed by atoms with E-state index in [2.05, 4.69) is 19.2 Å². The summed E-state index contributed by atoms with van der Waals surface area (Å²) in [5, 5.41) is 3.05. The summed E-state index contributed by atoms with van der Waals surface area (Å²) in [5.41, 5.74) is 3.53. The SMILES string of the molecule is CCc1cccc(CC)c1NC(=O)c1c(OC)cccc1OC. The first kappa shape index (κ1) is 16.9. The maximum Gasteiger partial charge on any atom is 0.263 e. The third-order valence-electron chi connectivity index (χ3n) is 3.89. The van der Waals surface area contributed by atoms with Gasteiger partial charge in [0, 0.05) is 5.69 Å². The summed E-state index contributed by atoms with van der Waals surface area (Å²) >= 11 is 0. The Hall–Kier alpha value is -2.49. The van der Waals surface area contributed by atoms with E-state index in [-0.39, 0.29) is 5.91 Å². The smallest absolute Gasteiger partial charge is 0.263 e. The van der Waals surface area contributed by atoms with Crippen LogP contribution in [0, 0.1) is 0 Å². The maximum absolute atomic E-state index is 12.8. The normalized spacial score (nSPS) is 10.3. The van der Waals surface area contributed by atoms with E-state index in [0.29, 0.717) is 17.1 Å². The molecule has 122 valence electrons. The maximum atomic E-state index is 12.8. The second-order valence-corrected chi connectivity index (χ2v) is 5.15. The lowest BCUT2D eigenvalue weighted by molar-refractivity contribution is 0.102. The van der Waals surface area contributed by atoms with Crippen LogP contribution in [-0.2, 0) is 12.8 Å². The van der Waals surface area contributed by atoms with Gasteiger partial charge >= 0.3 is 0 Å². The Labute approximate surface area is 137 Å². The largest absolute Gasteiger partial charge is 0.496 e. The lowest BCUT2D eigenvalue weighted by Crippen LogP contribution is -2.17. The first-order valence-corrected chi connectivity index (χ1v) is 7.79. The Balaban J connectivity index is 2.45. The molecule has 0 aliphatic carbocycles. The fourth-order valence-corrected chi connectivity index (χ4v) is 2.65. The highest BCUT2D eigenvalue weighted by Crippen LogP contribution is 2.30. The number of carbonyl (C=O) groups excluding carboxylic acids is 1. The number of hydrogen-bond donors (Lipinski definition) is 1. The van der Waals surface area contributed by atoms with Gasteiger partial charge in [0.2, 0.25) is 0 Å². The van der Waals surface area contributed by atoms with Crippen molar-refractivity contribution in [1.29, 1.82) is 0 Å². The summed E-state index contributed by atoms with van der Waals surface area (Å²) in [7, 11) is 3.09. The van der Waals surface area contributed by atoms with Crippen molar-refractivity contribution in [2.75, 3.05) is 19.5 Å². The predicted molar refractivity (Wildman–Crippen MR) is 92.7 cm³/mol. The number of amides is 1. The molecule has 0 atom stereocenters. The molecule has 0 heterocycles. The molecule has 0 fully saturated rings. The van der Waals surface area contributed by atoms with Gasteiger partial charge in [-0.15, -0.1) is 0 Å². The van der Waals surface area contributed by atoms with Crippen LogP contribution in [0.15, 0.2) is 36.4 Å². The van der Waals surface area contributed by atoms with Crippen molar-refractivity contribution in [2.45, 2.75) is 26.7 Å². The molecule has 2 rings (SSSR count). The Kier molecular flexibility index (Phi) is 5.63. The molecule has 2 aromatic rings. The molecule has 23 heavy (non-hydrogen) atoms. The second-order valence-electron chi connectivity index (χ2n) is 5.15. The second kappa shape index (κ2) is 7.68. The van der Waals surface area contributed by atoms with Crippen LogP contribution in [0.3, 0.4) is 0 Å². The molecule has 0 spiro atoms. The summed E-state index contributed by atoms with van der Waals surface area (Å²) in [4.78, 5) is 12.8. The highest BCUT2D eigenvalue weighted by molar-refractivity contribution is 6.08. The third kappa shape index (κ3) is 3.47. The summed E-state index contributed by atoms with van der Waals surface area (Å²) in [6.45, 7) is 4.15. The molecular weight excluding hydrogens is 290 g/mol. The van der Waals surface area contributed by atoms with Gasteiger partial charge in [0.25, 0.3) is 5.91 Å². The van der Waals surface area contributed by atoms with Gasteiger partial charge in [-0.1, -0.05) is 38.1 Å². The van der Waals surface area contributed by atoms with Crippen LogP contribution in [0.2, 0.25) is 0 Å². The van der Waals surface area contributed by atoms with Crippen LogP contribution in [-0.4, -0.2) is 20.1 Å². The molecular formula is C19H23NO3. The van der Waals surface area contributed by atoms with Gasteiger partial charge < -0.3 is 14.8 Å². The Bertz CT molecular complexity index is 651. The minimum absolute atomic E-state index is 0.227. The van der Waals surface area contributed by atoms with E-state index in [9.17, 15) is 4.79 Å². The van der Waals surface area contributed by atoms with Gasteiger partial charge in [0.1, 0.15) is 17.1 Å². The van der Waals surface area contributed by atoms with Gasteiger partial charge in [-0.25, -0.2) is 0 Å². The fourth-order valence-electron chi connectivity index (χ4n) is 2.65. The molecule has 1 N–H and O–H groups in total. The molecule has 0 aliphatic heterocycles. The van der Waals surface area contributed by atoms with Crippen molar-refractivity contribution in [2.24, 2.45) is 0 Å². The molecule has 0 saturated carbocycles. The van der Waals surface area contributed by atoms with E-state index >= 15 is 0 Å². The van der Waals surface area contributed by atoms with Crippen molar-refractivity contribution in [3.63, 3.8) is 0 Å². The van der Waals surface area contributed by atoms with Crippen LogP contribution in [0.1, 0.15) is 35.3 Å². The number of carbonyl (C=O) groups is 1. The van der Waals surface area contributed by atoms with Gasteiger partial charge in [-0.2, -0.15) is 0 Å². The number of aryl methyl sites for hydroxylation is 2. The number of rotatable bonds is 6. The van der Waals surface area contributed by atoms with Gasteiger partial charge in [-0.3, -0.25) is 4.79 Å². The Morgan fingerprint density at radius 3 is 1.83 bits per heavy atom. The molecule has 0 bridgehead atoms. The zero-order valence-electron chi connectivity index (χ0n) is 14.1. The minimum atomic E-state index is -0.227. The lowest BCUT2D eigenvalue weighted by atomic mass is 10.0. The summed E-state index contributed by atoms with van der Waals surface area (Å²) in [6, 6.07) is 11.4. The van der Waals surface area contributed by atoms with Crippen LogP contribution >= 0.6 is 0 Å². The predicted octanol–water partition coefficient (Wildman–Crippen LogP) is 4.08. The monoisotopic (exact) mass is 313 g/mol. The lowest BCUT2D eigenvalue weighted by Gasteiger charge is -2.17. The van der Waals surface area contributed by atoms with Crippen molar-refractivity contribution in [3.8, 4) is 11.5 Å². The first-order chi connectivity index (χ1) is 11.2. The van der Waals surface area contributed by atoms with E-state index in [1.54, 1.807) is 32.4 Å². The number of para-hydroxylation sites is 1. The van der Waals surface area contributed by atoms with Crippen molar-refractivity contribution in [3.05, 3.63) is 53.1 Å². The molecule has 4 nitrogen and oxygen atoms in total. The van der Waals surface area contributed by atoms with Gasteiger partial charge in [0.05, 0.1) is 14.2 Å². The molecule has 0 aliphatic rings. The standard InChI is InChI=1S/C19H23NO3/c1-5-13-9-7-10-14(6-2)18(13)20-19(21)17-15(22-3)11-8-12-16(17)23-4/h7-12H,5-6H2,1-4H3,(H,20,21). The average Bonchev–Trinajstić information content (AvgIpc) is 2.60. The van der Waals surface area contributed by atoms with E-state index in [0.717, 1.165) is 29.7 Å². The van der Waals surface area contributed by atoms with E-state index in [1.165, 1.54) is 0 Å².